The summed E-state index contributed by atoms with van der Waals surface area (Å²) in [5.41, 5.74) is -0.182. The number of hydrogen-bond donors (Lipinski definition) is 0. The lowest BCUT2D eigenvalue weighted by Crippen LogP contribution is -1.97. The van der Waals surface area contributed by atoms with E-state index >= 15 is 0 Å². The van der Waals surface area contributed by atoms with E-state index in [4.69, 9.17) is 0 Å². The molecule has 70 valence electrons. The zero-order chi connectivity index (χ0) is 10.0. The van der Waals surface area contributed by atoms with Crippen LogP contribution in [0.4, 0.5) is 10.1 Å². The lowest BCUT2D eigenvalue weighted by atomic mass is 10.1. The van der Waals surface area contributed by atoms with E-state index in [1.54, 1.807) is 6.92 Å². The van der Waals surface area contributed by atoms with Crippen molar-refractivity contribution in [1.82, 2.24) is 0 Å². The van der Waals surface area contributed by atoms with Crippen LogP contribution in [-0.2, 0) is 0 Å². The molecule has 0 saturated heterocycles. The molecule has 13 heavy (non-hydrogen) atoms. The van der Waals surface area contributed by atoms with E-state index in [1.807, 2.05) is 0 Å². The number of halogens is 2. The maximum absolute atomic E-state index is 13.3. The van der Waals surface area contributed by atoms with Crippen LogP contribution in [0.15, 0.2) is 18.2 Å². The first-order chi connectivity index (χ1) is 6.04. The predicted molar refractivity (Wildman–Crippen MR) is 50.4 cm³/mol. The van der Waals surface area contributed by atoms with Gasteiger partial charge >= 0.3 is 5.69 Å². The second-order valence-electron chi connectivity index (χ2n) is 2.55. The minimum absolute atomic E-state index is 0.229. The largest absolute Gasteiger partial charge is 0.305 e. The van der Waals surface area contributed by atoms with E-state index < -0.39 is 16.4 Å². The molecule has 0 heterocycles. The molecule has 0 aliphatic carbocycles. The summed E-state index contributed by atoms with van der Waals surface area (Å²) in [7, 11) is 0. The number of nitro groups is 1. The fourth-order valence-corrected chi connectivity index (χ4v) is 1.34. The third-order valence-electron chi connectivity index (χ3n) is 1.63. The summed E-state index contributed by atoms with van der Waals surface area (Å²) in [5.74, 6) is -0.767. The average molecular weight is 248 g/mol. The minimum atomic E-state index is -0.767. The Kier molecular flexibility index (Phi) is 2.98. The van der Waals surface area contributed by atoms with Crippen LogP contribution in [0.2, 0.25) is 0 Å². The van der Waals surface area contributed by atoms with Gasteiger partial charge in [-0.3, -0.25) is 10.1 Å². The van der Waals surface area contributed by atoms with Crippen LogP contribution in [-0.4, -0.2) is 4.92 Å². The van der Waals surface area contributed by atoms with Gasteiger partial charge in [0.05, 0.1) is 4.92 Å². The molecule has 0 radical (unpaired) electrons. The Labute approximate surface area is 82.8 Å². The first kappa shape index (κ1) is 10.1. The molecule has 0 aliphatic rings. The highest BCUT2D eigenvalue weighted by Gasteiger charge is 2.18. The van der Waals surface area contributed by atoms with Gasteiger partial charge in [-0.05, 0) is 6.92 Å². The summed E-state index contributed by atoms with van der Waals surface area (Å²) in [6.45, 7) is 1.71. The summed E-state index contributed by atoms with van der Waals surface area (Å²) in [5, 5.41) is 10.3. The number of benzene rings is 1. The highest BCUT2D eigenvalue weighted by atomic mass is 79.9. The van der Waals surface area contributed by atoms with Crippen LogP contribution in [0, 0.1) is 15.9 Å². The zero-order valence-electron chi connectivity index (χ0n) is 6.83. The van der Waals surface area contributed by atoms with Crippen LogP contribution in [0.3, 0.4) is 0 Å². The summed E-state index contributed by atoms with van der Waals surface area (Å²) < 4.78 is 13.3. The van der Waals surface area contributed by atoms with Gasteiger partial charge in [0.1, 0.15) is 0 Å². The van der Waals surface area contributed by atoms with Crippen molar-refractivity contribution < 1.29 is 9.31 Å². The highest BCUT2D eigenvalue weighted by molar-refractivity contribution is 9.09. The topological polar surface area (TPSA) is 43.1 Å². The summed E-state index contributed by atoms with van der Waals surface area (Å²) in [6.07, 6.45) is 0. The Morgan fingerprint density at radius 2 is 2.23 bits per heavy atom. The first-order valence-electron chi connectivity index (χ1n) is 3.61. The Hall–Kier alpha value is -0.970. The zero-order valence-corrected chi connectivity index (χ0v) is 8.42. The molecule has 0 amide bonds. The van der Waals surface area contributed by atoms with Crippen molar-refractivity contribution >= 4 is 21.6 Å². The average Bonchev–Trinajstić information content (AvgIpc) is 2.03. The number of alkyl halides is 1. The minimum Gasteiger partial charge on any atom is -0.258 e. The molecule has 1 unspecified atom stereocenters. The number of nitro benzene ring substituents is 1. The molecule has 1 aromatic carbocycles. The fraction of sp³-hybridized carbons (Fsp3) is 0.250. The van der Waals surface area contributed by atoms with Gasteiger partial charge in [-0.25, -0.2) is 0 Å². The lowest BCUT2D eigenvalue weighted by molar-refractivity contribution is -0.387. The van der Waals surface area contributed by atoms with Crippen LogP contribution < -0.4 is 0 Å². The molecule has 0 saturated carbocycles. The van der Waals surface area contributed by atoms with Crippen molar-refractivity contribution in [3.05, 3.63) is 39.7 Å². The van der Waals surface area contributed by atoms with Crippen molar-refractivity contribution in [2.45, 2.75) is 11.8 Å². The molecule has 0 spiro atoms. The van der Waals surface area contributed by atoms with Gasteiger partial charge in [0.2, 0.25) is 5.82 Å². The second kappa shape index (κ2) is 3.83. The molecule has 0 fully saturated rings. The van der Waals surface area contributed by atoms with Crippen LogP contribution in [0.1, 0.15) is 17.3 Å². The van der Waals surface area contributed by atoms with Crippen LogP contribution >= 0.6 is 15.9 Å². The molecular formula is C8H7BrFNO2. The van der Waals surface area contributed by atoms with Gasteiger partial charge in [0.25, 0.3) is 0 Å². The predicted octanol–water partition coefficient (Wildman–Crippen LogP) is 3.19. The molecule has 0 aliphatic heterocycles. The molecule has 1 rings (SSSR count). The van der Waals surface area contributed by atoms with Crippen LogP contribution in [0.5, 0.6) is 0 Å². The van der Waals surface area contributed by atoms with Crippen LogP contribution in [0.25, 0.3) is 0 Å². The van der Waals surface area contributed by atoms with Gasteiger partial charge in [-0.15, -0.1) is 0 Å². The van der Waals surface area contributed by atoms with Crippen molar-refractivity contribution in [1.29, 1.82) is 0 Å². The summed E-state index contributed by atoms with van der Waals surface area (Å²) in [6, 6.07) is 4.13. The number of hydrogen-bond acceptors (Lipinski definition) is 2. The maximum atomic E-state index is 13.3. The first-order valence-corrected chi connectivity index (χ1v) is 4.52. The van der Waals surface area contributed by atoms with Crippen molar-refractivity contribution in [2.75, 3.05) is 0 Å². The number of nitrogens with zero attached hydrogens (tertiary/aromatic N) is 1. The Morgan fingerprint density at radius 3 is 2.69 bits per heavy atom. The molecule has 0 bridgehead atoms. The standard InChI is InChI=1S/C8H7BrFNO2/c1-5(9)6-3-2-4-7(8(6)10)11(12)13/h2-5H,1H3. The van der Waals surface area contributed by atoms with E-state index in [2.05, 4.69) is 15.9 Å². The Bertz CT molecular complexity index is 341. The molecule has 1 atom stereocenters. The second-order valence-corrected chi connectivity index (χ2v) is 3.93. The van der Waals surface area contributed by atoms with E-state index in [9.17, 15) is 14.5 Å². The highest BCUT2D eigenvalue weighted by Crippen LogP contribution is 2.29. The van der Waals surface area contributed by atoms with E-state index in [0.717, 1.165) is 6.07 Å². The summed E-state index contributed by atoms with van der Waals surface area (Å²) >= 11 is 3.15. The van der Waals surface area contributed by atoms with Crippen molar-refractivity contribution in [3.63, 3.8) is 0 Å². The third-order valence-corrected chi connectivity index (χ3v) is 2.13. The number of rotatable bonds is 2. The molecular weight excluding hydrogens is 241 g/mol. The molecule has 3 nitrogen and oxygen atoms in total. The fourth-order valence-electron chi connectivity index (χ4n) is 0.985. The molecule has 0 N–H and O–H groups in total. The smallest absolute Gasteiger partial charge is 0.258 e. The SMILES string of the molecule is CC(Br)c1cccc([N+](=O)[O-])c1F. The van der Waals surface area contributed by atoms with Gasteiger partial charge in [-0.2, -0.15) is 4.39 Å². The van der Waals surface area contributed by atoms with Gasteiger partial charge < -0.3 is 0 Å². The van der Waals surface area contributed by atoms with Crippen molar-refractivity contribution in [3.8, 4) is 0 Å². The summed E-state index contributed by atoms with van der Waals surface area (Å²) in [4.78, 5) is 9.39. The molecule has 0 aromatic heterocycles. The van der Waals surface area contributed by atoms with Crippen molar-refractivity contribution in [2.24, 2.45) is 0 Å². The Balaban J connectivity index is 3.26. The quantitative estimate of drug-likeness (QED) is 0.458. The van der Waals surface area contributed by atoms with Gasteiger partial charge in [-0.1, -0.05) is 28.1 Å². The van der Waals surface area contributed by atoms with E-state index in [-0.39, 0.29) is 4.83 Å². The normalized spacial score (nSPS) is 12.5. The van der Waals surface area contributed by atoms with Gasteiger partial charge in [0.15, 0.2) is 0 Å². The van der Waals surface area contributed by atoms with E-state index in [1.165, 1.54) is 12.1 Å². The van der Waals surface area contributed by atoms with E-state index in [0.29, 0.717) is 5.56 Å². The molecule has 5 heteroatoms. The van der Waals surface area contributed by atoms with Gasteiger partial charge in [0, 0.05) is 16.5 Å². The molecule has 1 aromatic rings. The monoisotopic (exact) mass is 247 g/mol. The Morgan fingerprint density at radius 1 is 1.62 bits per heavy atom. The third kappa shape index (κ3) is 2.03. The maximum Gasteiger partial charge on any atom is 0.305 e. The lowest BCUT2D eigenvalue weighted by Gasteiger charge is -2.04.